The number of carbonyl (C=O) groups excluding carboxylic acids is 1. The summed E-state index contributed by atoms with van der Waals surface area (Å²) in [6.07, 6.45) is 3.29. The summed E-state index contributed by atoms with van der Waals surface area (Å²) in [7, 11) is 1.47. The smallest absolute Gasteiger partial charge is 0.296 e. The molecule has 0 atom stereocenters. The van der Waals surface area contributed by atoms with E-state index in [1.54, 1.807) is 35.2 Å². The number of amides is 1. The molecule has 0 spiro atoms. The Morgan fingerprint density at radius 2 is 1.82 bits per heavy atom. The number of halogens is 1. The van der Waals surface area contributed by atoms with Crippen molar-refractivity contribution in [2.45, 2.75) is 0 Å². The standard InChI is InChI=1S/C20H20ClN3O4/c1-28-17-7-8-18(19(14-17)24(26)27)22-10-12-23(13-11-22)20(25)9-4-15-2-5-16(21)6-3-15/h2-9,14H,10-13H2,1H3/b9-4+. The minimum absolute atomic E-state index is 0.00163. The molecule has 8 heteroatoms. The first-order valence-corrected chi connectivity index (χ1v) is 9.15. The van der Waals surface area contributed by atoms with Crippen LogP contribution in [-0.2, 0) is 4.79 Å². The SMILES string of the molecule is COc1ccc(N2CCN(C(=O)/C=C/c3ccc(Cl)cc3)CC2)c([N+](=O)[O-])c1. The maximum atomic E-state index is 12.4. The van der Waals surface area contributed by atoms with Crippen LogP contribution in [0.3, 0.4) is 0 Å². The summed E-state index contributed by atoms with van der Waals surface area (Å²) in [6, 6.07) is 12.0. The molecule has 1 saturated heterocycles. The Morgan fingerprint density at radius 1 is 1.14 bits per heavy atom. The number of piperazine rings is 1. The maximum Gasteiger partial charge on any atom is 0.296 e. The van der Waals surface area contributed by atoms with Gasteiger partial charge in [0.1, 0.15) is 11.4 Å². The highest BCUT2D eigenvalue weighted by Gasteiger charge is 2.25. The van der Waals surface area contributed by atoms with Crippen LogP contribution in [0.2, 0.25) is 5.02 Å². The van der Waals surface area contributed by atoms with E-state index in [-0.39, 0.29) is 11.6 Å². The molecule has 1 heterocycles. The van der Waals surface area contributed by atoms with Crippen molar-refractivity contribution in [3.8, 4) is 5.75 Å². The Bertz CT molecular complexity index is 891. The van der Waals surface area contributed by atoms with Gasteiger partial charge in [-0.25, -0.2) is 0 Å². The number of nitro benzene ring substituents is 1. The van der Waals surface area contributed by atoms with Gasteiger partial charge in [0.15, 0.2) is 0 Å². The van der Waals surface area contributed by atoms with E-state index in [9.17, 15) is 14.9 Å². The van der Waals surface area contributed by atoms with Crippen LogP contribution >= 0.6 is 11.6 Å². The number of ether oxygens (including phenoxy) is 1. The predicted octanol–water partition coefficient (Wildman–Crippen LogP) is 3.62. The van der Waals surface area contributed by atoms with E-state index >= 15 is 0 Å². The molecule has 0 unspecified atom stereocenters. The van der Waals surface area contributed by atoms with Crippen molar-refractivity contribution in [2.24, 2.45) is 0 Å². The highest BCUT2D eigenvalue weighted by atomic mass is 35.5. The van der Waals surface area contributed by atoms with Gasteiger partial charge in [-0.3, -0.25) is 14.9 Å². The van der Waals surface area contributed by atoms with Gasteiger partial charge < -0.3 is 14.5 Å². The number of nitro groups is 1. The third kappa shape index (κ3) is 4.61. The normalized spacial score (nSPS) is 14.4. The second-order valence-electron chi connectivity index (χ2n) is 6.31. The van der Waals surface area contributed by atoms with Gasteiger partial charge in [0.2, 0.25) is 5.91 Å². The lowest BCUT2D eigenvalue weighted by atomic mass is 10.2. The van der Waals surface area contributed by atoms with Gasteiger partial charge in [-0.2, -0.15) is 0 Å². The van der Waals surface area contributed by atoms with Crippen LogP contribution in [0, 0.1) is 10.1 Å². The first-order valence-electron chi connectivity index (χ1n) is 8.78. The molecular weight excluding hydrogens is 382 g/mol. The average Bonchev–Trinajstić information content (AvgIpc) is 2.72. The first kappa shape index (κ1) is 19.7. The number of carbonyl (C=O) groups is 1. The fourth-order valence-corrected chi connectivity index (χ4v) is 3.18. The second kappa shape index (κ2) is 8.75. The van der Waals surface area contributed by atoms with Gasteiger partial charge in [-0.1, -0.05) is 23.7 Å². The summed E-state index contributed by atoms with van der Waals surface area (Å²) in [5, 5.41) is 12.0. The lowest BCUT2D eigenvalue weighted by molar-refractivity contribution is -0.384. The minimum Gasteiger partial charge on any atom is -0.496 e. The van der Waals surface area contributed by atoms with Gasteiger partial charge in [0.05, 0.1) is 18.1 Å². The molecule has 2 aromatic carbocycles. The number of nitrogens with zero attached hydrogens (tertiary/aromatic N) is 3. The first-order chi connectivity index (χ1) is 13.5. The molecule has 0 aliphatic carbocycles. The molecule has 7 nitrogen and oxygen atoms in total. The Hall–Kier alpha value is -3.06. The fraction of sp³-hybridized carbons (Fsp3) is 0.250. The Morgan fingerprint density at radius 3 is 2.43 bits per heavy atom. The molecule has 0 radical (unpaired) electrons. The van der Waals surface area contributed by atoms with Crippen molar-refractivity contribution < 1.29 is 14.5 Å². The molecule has 0 aromatic heterocycles. The van der Waals surface area contributed by atoms with Crippen molar-refractivity contribution >= 4 is 35.0 Å². The Balaban J connectivity index is 1.63. The zero-order valence-electron chi connectivity index (χ0n) is 15.4. The average molecular weight is 402 g/mol. The summed E-state index contributed by atoms with van der Waals surface area (Å²) >= 11 is 5.85. The van der Waals surface area contributed by atoms with Crippen LogP contribution in [0.4, 0.5) is 11.4 Å². The fourth-order valence-electron chi connectivity index (χ4n) is 3.06. The molecular formula is C20H20ClN3O4. The van der Waals surface area contributed by atoms with E-state index in [0.29, 0.717) is 42.6 Å². The molecule has 0 bridgehead atoms. The van der Waals surface area contributed by atoms with Crippen LogP contribution in [-0.4, -0.2) is 49.0 Å². The summed E-state index contributed by atoms with van der Waals surface area (Å²) < 4.78 is 5.07. The highest BCUT2D eigenvalue weighted by Crippen LogP contribution is 2.32. The van der Waals surface area contributed by atoms with Gasteiger partial charge in [-0.15, -0.1) is 0 Å². The Kier molecular flexibility index (Phi) is 6.16. The molecule has 1 fully saturated rings. The number of hydrogen-bond acceptors (Lipinski definition) is 5. The highest BCUT2D eigenvalue weighted by molar-refractivity contribution is 6.30. The Labute approximate surface area is 167 Å². The van der Waals surface area contributed by atoms with Crippen LogP contribution in [0.25, 0.3) is 6.08 Å². The van der Waals surface area contributed by atoms with Crippen molar-refractivity contribution in [1.29, 1.82) is 0 Å². The zero-order valence-corrected chi connectivity index (χ0v) is 16.1. The summed E-state index contributed by atoms with van der Waals surface area (Å²) in [6.45, 7) is 2.03. The van der Waals surface area contributed by atoms with E-state index in [2.05, 4.69) is 0 Å². The van der Waals surface area contributed by atoms with E-state index in [0.717, 1.165) is 5.56 Å². The number of anilines is 1. The molecule has 2 aromatic rings. The number of methoxy groups -OCH3 is 1. The summed E-state index contributed by atoms with van der Waals surface area (Å²) in [4.78, 5) is 27.0. The lowest BCUT2D eigenvalue weighted by Gasteiger charge is -2.35. The molecule has 0 N–H and O–H groups in total. The van der Waals surface area contributed by atoms with Gasteiger partial charge in [-0.05, 0) is 35.9 Å². The van der Waals surface area contributed by atoms with E-state index in [1.807, 2.05) is 17.0 Å². The van der Waals surface area contributed by atoms with Crippen LogP contribution < -0.4 is 9.64 Å². The van der Waals surface area contributed by atoms with Crippen molar-refractivity contribution in [3.05, 3.63) is 69.2 Å². The zero-order chi connectivity index (χ0) is 20.1. The molecule has 1 aliphatic rings. The van der Waals surface area contributed by atoms with E-state index in [1.165, 1.54) is 19.3 Å². The number of hydrogen-bond donors (Lipinski definition) is 0. The van der Waals surface area contributed by atoms with E-state index in [4.69, 9.17) is 16.3 Å². The van der Waals surface area contributed by atoms with Gasteiger partial charge in [0, 0.05) is 37.3 Å². The monoisotopic (exact) mass is 401 g/mol. The van der Waals surface area contributed by atoms with Gasteiger partial charge >= 0.3 is 0 Å². The summed E-state index contributed by atoms with van der Waals surface area (Å²) in [5.41, 5.74) is 1.43. The maximum absolute atomic E-state index is 12.4. The van der Waals surface area contributed by atoms with Crippen molar-refractivity contribution in [2.75, 3.05) is 38.2 Å². The lowest BCUT2D eigenvalue weighted by Crippen LogP contribution is -2.48. The third-order valence-electron chi connectivity index (χ3n) is 4.60. The molecule has 0 saturated carbocycles. The summed E-state index contributed by atoms with van der Waals surface area (Å²) in [5.74, 6) is 0.357. The van der Waals surface area contributed by atoms with E-state index < -0.39 is 4.92 Å². The van der Waals surface area contributed by atoms with Crippen LogP contribution in [0.1, 0.15) is 5.56 Å². The van der Waals surface area contributed by atoms with Gasteiger partial charge in [0.25, 0.3) is 5.69 Å². The minimum atomic E-state index is -0.412. The number of rotatable bonds is 5. The van der Waals surface area contributed by atoms with Crippen molar-refractivity contribution in [3.63, 3.8) is 0 Å². The molecule has 3 rings (SSSR count). The molecule has 146 valence electrons. The third-order valence-corrected chi connectivity index (χ3v) is 4.85. The van der Waals surface area contributed by atoms with Crippen molar-refractivity contribution in [1.82, 2.24) is 4.90 Å². The predicted molar refractivity (Wildman–Crippen MR) is 109 cm³/mol. The molecule has 28 heavy (non-hydrogen) atoms. The molecule has 1 aliphatic heterocycles. The quantitative estimate of drug-likeness (QED) is 0.434. The largest absolute Gasteiger partial charge is 0.496 e. The second-order valence-corrected chi connectivity index (χ2v) is 6.75. The van der Waals surface area contributed by atoms with Crippen LogP contribution in [0.5, 0.6) is 5.75 Å². The van der Waals surface area contributed by atoms with Crippen LogP contribution in [0.15, 0.2) is 48.5 Å². The topological polar surface area (TPSA) is 75.9 Å². The molecule has 1 amide bonds. The number of benzene rings is 2.